The second kappa shape index (κ2) is 6.92. The van der Waals surface area contributed by atoms with Crippen LogP contribution in [0.5, 0.6) is 0 Å². The highest BCUT2D eigenvalue weighted by Crippen LogP contribution is 2.28. The van der Waals surface area contributed by atoms with Crippen molar-refractivity contribution in [2.75, 3.05) is 11.9 Å². The molecule has 0 aliphatic rings. The minimum atomic E-state index is -0.430. The average molecular weight is 342 g/mol. The number of esters is 1. The second-order valence-corrected chi connectivity index (χ2v) is 6.56. The van der Waals surface area contributed by atoms with Crippen LogP contribution in [0.25, 0.3) is 10.2 Å². The van der Waals surface area contributed by atoms with Crippen LogP contribution in [-0.2, 0) is 4.74 Å². The topological polar surface area (TPSA) is 77.0 Å². The van der Waals surface area contributed by atoms with Gasteiger partial charge >= 0.3 is 5.97 Å². The SMILES string of the molecule is CCOC(=O)c1nc(N[C@@H](C)c2ccccn2)nc2cc(C)sc12. The zero-order chi connectivity index (χ0) is 17.1. The number of carbonyl (C=O) groups is 1. The van der Waals surface area contributed by atoms with E-state index in [4.69, 9.17) is 4.74 Å². The minimum Gasteiger partial charge on any atom is -0.461 e. The van der Waals surface area contributed by atoms with Gasteiger partial charge in [0.1, 0.15) is 0 Å². The molecule has 3 aromatic heterocycles. The summed E-state index contributed by atoms with van der Waals surface area (Å²) in [6.45, 7) is 6.03. The number of ether oxygens (including phenoxy) is 1. The molecule has 0 aliphatic heterocycles. The van der Waals surface area contributed by atoms with Crippen molar-refractivity contribution in [3.63, 3.8) is 0 Å². The van der Waals surface area contributed by atoms with Gasteiger partial charge in [-0.2, -0.15) is 0 Å². The molecule has 0 aliphatic carbocycles. The molecule has 7 heteroatoms. The van der Waals surface area contributed by atoms with Crippen molar-refractivity contribution >= 4 is 33.5 Å². The fourth-order valence-corrected chi connectivity index (χ4v) is 3.28. The van der Waals surface area contributed by atoms with E-state index in [2.05, 4.69) is 20.3 Å². The maximum absolute atomic E-state index is 12.2. The molecule has 0 amide bonds. The number of fused-ring (bicyclic) bond motifs is 1. The monoisotopic (exact) mass is 342 g/mol. The first kappa shape index (κ1) is 16.3. The lowest BCUT2D eigenvalue weighted by molar-refractivity contribution is 0.0522. The van der Waals surface area contributed by atoms with E-state index in [0.29, 0.717) is 18.2 Å². The highest BCUT2D eigenvalue weighted by atomic mass is 32.1. The molecule has 3 heterocycles. The lowest BCUT2D eigenvalue weighted by Crippen LogP contribution is -2.14. The number of aryl methyl sites for hydroxylation is 1. The molecular formula is C17H18N4O2S. The van der Waals surface area contributed by atoms with Gasteiger partial charge in [0.05, 0.1) is 28.6 Å². The normalized spacial score (nSPS) is 12.1. The number of rotatable bonds is 5. The van der Waals surface area contributed by atoms with Crippen LogP contribution < -0.4 is 5.32 Å². The minimum absolute atomic E-state index is 0.0848. The fraction of sp³-hybridized carbons (Fsp3) is 0.294. The van der Waals surface area contributed by atoms with Crippen molar-refractivity contribution in [2.24, 2.45) is 0 Å². The second-order valence-electron chi connectivity index (χ2n) is 5.31. The van der Waals surface area contributed by atoms with E-state index in [9.17, 15) is 4.79 Å². The third kappa shape index (κ3) is 3.35. The summed E-state index contributed by atoms with van der Waals surface area (Å²) < 4.78 is 5.88. The van der Waals surface area contributed by atoms with Crippen molar-refractivity contribution < 1.29 is 9.53 Å². The van der Waals surface area contributed by atoms with E-state index in [-0.39, 0.29) is 6.04 Å². The summed E-state index contributed by atoms with van der Waals surface area (Å²) >= 11 is 1.49. The van der Waals surface area contributed by atoms with Gasteiger partial charge in [0.2, 0.25) is 5.95 Å². The predicted octanol–water partition coefficient (Wildman–Crippen LogP) is 3.74. The van der Waals surface area contributed by atoms with Crippen LogP contribution in [0, 0.1) is 6.92 Å². The van der Waals surface area contributed by atoms with Gasteiger partial charge in [0, 0.05) is 11.1 Å². The van der Waals surface area contributed by atoms with E-state index in [1.807, 2.05) is 38.1 Å². The van der Waals surface area contributed by atoms with Crippen LogP contribution in [-0.4, -0.2) is 27.5 Å². The summed E-state index contributed by atoms with van der Waals surface area (Å²) in [6.07, 6.45) is 1.74. The lowest BCUT2D eigenvalue weighted by Gasteiger charge is -2.14. The number of pyridine rings is 1. The molecule has 124 valence electrons. The Bertz CT molecular complexity index is 864. The van der Waals surface area contributed by atoms with E-state index < -0.39 is 5.97 Å². The smallest absolute Gasteiger partial charge is 0.358 e. The van der Waals surface area contributed by atoms with Gasteiger partial charge in [0.15, 0.2) is 5.69 Å². The molecule has 1 N–H and O–H groups in total. The Labute approximate surface area is 143 Å². The molecule has 1 atom stereocenters. The number of nitrogens with one attached hydrogen (secondary N) is 1. The molecule has 0 unspecified atom stereocenters. The molecule has 3 rings (SSSR count). The van der Waals surface area contributed by atoms with Crippen LogP contribution in [0.3, 0.4) is 0 Å². The number of thiophene rings is 1. The Morgan fingerprint density at radius 3 is 2.92 bits per heavy atom. The molecule has 0 bridgehead atoms. The summed E-state index contributed by atoms with van der Waals surface area (Å²) in [4.78, 5) is 26.5. The Morgan fingerprint density at radius 1 is 1.38 bits per heavy atom. The molecule has 0 saturated heterocycles. The van der Waals surface area contributed by atoms with E-state index in [1.54, 1.807) is 13.1 Å². The zero-order valence-corrected chi connectivity index (χ0v) is 14.6. The average Bonchev–Trinajstić information content (AvgIpc) is 2.95. The highest BCUT2D eigenvalue weighted by molar-refractivity contribution is 7.19. The molecule has 0 spiro atoms. The van der Waals surface area contributed by atoms with E-state index in [0.717, 1.165) is 20.8 Å². The van der Waals surface area contributed by atoms with Gasteiger partial charge in [-0.3, -0.25) is 4.98 Å². The number of aromatic nitrogens is 3. The summed E-state index contributed by atoms with van der Waals surface area (Å²) in [7, 11) is 0. The Morgan fingerprint density at radius 2 is 2.21 bits per heavy atom. The molecule has 24 heavy (non-hydrogen) atoms. The summed E-state index contributed by atoms with van der Waals surface area (Å²) in [5.74, 6) is -0.0400. The standard InChI is InChI=1S/C17H18N4O2S/c1-4-23-16(22)14-15-13(9-10(2)24-15)20-17(21-14)19-11(3)12-7-5-6-8-18-12/h5-9,11H,4H2,1-3H3,(H,19,20,21)/t11-/m0/s1. The molecule has 0 saturated carbocycles. The largest absolute Gasteiger partial charge is 0.461 e. The van der Waals surface area contributed by atoms with E-state index in [1.165, 1.54) is 11.3 Å². The van der Waals surface area contributed by atoms with Crippen LogP contribution in [0.15, 0.2) is 30.5 Å². The summed E-state index contributed by atoms with van der Waals surface area (Å²) in [5, 5.41) is 3.21. The highest BCUT2D eigenvalue weighted by Gasteiger charge is 2.19. The quantitative estimate of drug-likeness (QED) is 0.712. The van der Waals surface area contributed by atoms with Gasteiger partial charge in [-0.25, -0.2) is 14.8 Å². The zero-order valence-electron chi connectivity index (χ0n) is 13.7. The number of hydrogen-bond donors (Lipinski definition) is 1. The number of anilines is 1. The summed E-state index contributed by atoms with van der Waals surface area (Å²) in [6, 6.07) is 7.58. The van der Waals surface area contributed by atoms with Crippen molar-refractivity contribution in [2.45, 2.75) is 26.8 Å². The molecule has 0 fully saturated rings. The third-order valence-corrected chi connectivity index (χ3v) is 4.49. The van der Waals surface area contributed by atoms with Crippen LogP contribution >= 0.6 is 11.3 Å². The van der Waals surface area contributed by atoms with Gasteiger partial charge in [-0.15, -0.1) is 11.3 Å². The first-order valence-electron chi connectivity index (χ1n) is 7.71. The Kier molecular flexibility index (Phi) is 4.71. The molecule has 0 aromatic carbocycles. The van der Waals surface area contributed by atoms with Gasteiger partial charge in [0.25, 0.3) is 0 Å². The Hall–Kier alpha value is -2.54. The molecular weight excluding hydrogens is 324 g/mol. The van der Waals surface area contributed by atoms with Crippen molar-refractivity contribution in [1.82, 2.24) is 15.0 Å². The molecule has 3 aromatic rings. The number of hydrogen-bond acceptors (Lipinski definition) is 7. The number of nitrogens with zero attached hydrogens (tertiary/aromatic N) is 3. The maximum Gasteiger partial charge on any atom is 0.358 e. The van der Waals surface area contributed by atoms with E-state index >= 15 is 0 Å². The summed E-state index contributed by atoms with van der Waals surface area (Å²) in [5.41, 5.74) is 1.92. The van der Waals surface area contributed by atoms with Crippen molar-refractivity contribution in [1.29, 1.82) is 0 Å². The fourth-order valence-electron chi connectivity index (χ4n) is 2.35. The first-order valence-corrected chi connectivity index (χ1v) is 8.53. The predicted molar refractivity (Wildman–Crippen MR) is 94.4 cm³/mol. The van der Waals surface area contributed by atoms with Gasteiger partial charge < -0.3 is 10.1 Å². The van der Waals surface area contributed by atoms with Gasteiger partial charge in [-0.1, -0.05) is 6.07 Å². The number of carbonyl (C=O) groups excluding carboxylic acids is 1. The maximum atomic E-state index is 12.2. The van der Waals surface area contributed by atoms with Crippen molar-refractivity contribution in [3.8, 4) is 0 Å². The molecule has 0 radical (unpaired) electrons. The van der Waals surface area contributed by atoms with Crippen LogP contribution in [0.2, 0.25) is 0 Å². The Balaban J connectivity index is 1.97. The van der Waals surface area contributed by atoms with Gasteiger partial charge in [-0.05, 0) is 39.0 Å². The third-order valence-electron chi connectivity index (χ3n) is 3.44. The van der Waals surface area contributed by atoms with Crippen LogP contribution in [0.4, 0.5) is 5.95 Å². The van der Waals surface area contributed by atoms with Crippen LogP contribution in [0.1, 0.15) is 40.9 Å². The molecule has 6 nitrogen and oxygen atoms in total. The van der Waals surface area contributed by atoms with Crippen molar-refractivity contribution in [3.05, 3.63) is 46.7 Å². The lowest BCUT2D eigenvalue weighted by atomic mass is 10.2. The first-order chi connectivity index (χ1) is 11.6.